The zero-order chi connectivity index (χ0) is 17.6. The number of hydrogen-bond donors (Lipinski definition) is 1. The van der Waals surface area contributed by atoms with Gasteiger partial charge in [-0.05, 0) is 25.3 Å². The van der Waals surface area contributed by atoms with E-state index in [-0.39, 0.29) is 24.0 Å². The first-order chi connectivity index (χ1) is 12.1. The molecule has 2 saturated heterocycles. The van der Waals surface area contributed by atoms with E-state index in [9.17, 15) is 9.59 Å². The maximum atomic E-state index is 12.4. The van der Waals surface area contributed by atoms with Gasteiger partial charge in [0.05, 0.1) is 6.04 Å². The zero-order valence-electron chi connectivity index (χ0n) is 14.8. The van der Waals surface area contributed by atoms with E-state index < -0.39 is 0 Å². The second kappa shape index (κ2) is 8.45. The Morgan fingerprint density at radius 3 is 2.56 bits per heavy atom. The predicted octanol–water partition coefficient (Wildman–Crippen LogP) is 1.01. The summed E-state index contributed by atoms with van der Waals surface area (Å²) in [6, 6.07) is 9.71. The van der Waals surface area contributed by atoms with Crippen molar-refractivity contribution in [2.75, 3.05) is 32.8 Å². The predicted molar refractivity (Wildman–Crippen MR) is 94.9 cm³/mol. The van der Waals surface area contributed by atoms with Crippen LogP contribution in [0.4, 0.5) is 0 Å². The second-order valence-corrected chi connectivity index (χ2v) is 6.74. The van der Waals surface area contributed by atoms with E-state index in [0.29, 0.717) is 26.2 Å². The van der Waals surface area contributed by atoms with Gasteiger partial charge in [-0.25, -0.2) is 0 Å². The van der Waals surface area contributed by atoms with Gasteiger partial charge in [-0.3, -0.25) is 14.5 Å². The molecule has 1 aromatic rings. The molecule has 2 aliphatic heterocycles. The molecule has 2 fully saturated rings. The summed E-state index contributed by atoms with van der Waals surface area (Å²) in [5, 5.41) is 2.99. The molecule has 25 heavy (non-hydrogen) atoms. The third-order valence-corrected chi connectivity index (χ3v) is 5.07. The molecule has 136 valence electrons. The van der Waals surface area contributed by atoms with Crippen molar-refractivity contribution in [3.63, 3.8) is 0 Å². The van der Waals surface area contributed by atoms with Gasteiger partial charge in [0.2, 0.25) is 5.91 Å². The van der Waals surface area contributed by atoms with Gasteiger partial charge in [0.1, 0.15) is 6.10 Å². The van der Waals surface area contributed by atoms with Gasteiger partial charge in [0.25, 0.3) is 5.91 Å². The van der Waals surface area contributed by atoms with Crippen molar-refractivity contribution in [2.45, 2.75) is 38.5 Å². The standard InChI is InChI=1S/C19H27N3O3/c1-15(18(23)20-14-16-6-3-2-4-7-16)21-9-11-22(12-10-21)19(24)17-8-5-13-25-17/h2-4,6-7,15,17H,5,8-14H2,1H3,(H,20,23). The van der Waals surface area contributed by atoms with Crippen LogP contribution in [0.3, 0.4) is 0 Å². The molecule has 1 N–H and O–H groups in total. The summed E-state index contributed by atoms with van der Waals surface area (Å²) in [4.78, 5) is 28.8. The highest BCUT2D eigenvalue weighted by molar-refractivity contribution is 5.82. The summed E-state index contributed by atoms with van der Waals surface area (Å²) < 4.78 is 5.49. The SMILES string of the molecule is CC(C(=O)NCc1ccccc1)N1CCN(C(=O)C2CCCO2)CC1. The van der Waals surface area contributed by atoms with E-state index in [2.05, 4.69) is 10.2 Å². The number of rotatable bonds is 5. The van der Waals surface area contributed by atoms with Crippen molar-refractivity contribution in [1.29, 1.82) is 0 Å². The molecule has 6 nitrogen and oxygen atoms in total. The van der Waals surface area contributed by atoms with E-state index in [0.717, 1.165) is 31.5 Å². The normalized spacial score (nSPS) is 22.6. The summed E-state index contributed by atoms with van der Waals surface area (Å²) in [5.74, 6) is 0.140. The van der Waals surface area contributed by atoms with Crippen LogP contribution in [0, 0.1) is 0 Å². The molecule has 0 aliphatic carbocycles. The van der Waals surface area contributed by atoms with Crippen LogP contribution in [-0.4, -0.2) is 66.5 Å². The number of nitrogens with zero attached hydrogens (tertiary/aromatic N) is 2. The zero-order valence-corrected chi connectivity index (χ0v) is 14.8. The largest absolute Gasteiger partial charge is 0.368 e. The van der Waals surface area contributed by atoms with Crippen molar-refractivity contribution in [1.82, 2.24) is 15.1 Å². The maximum Gasteiger partial charge on any atom is 0.251 e. The lowest BCUT2D eigenvalue weighted by Crippen LogP contribution is -2.56. The first kappa shape index (κ1) is 17.9. The Morgan fingerprint density at radius 2 is 1.92 bits per heavy atom. The average molecular weight is 345 g/mol. The quantitative estimate of drug-likeness (QED) is 0.865. The molecule has 0 aromatic heterocycles. The molecule has 2 atom stereocenters. The second-order valence-electron chi connectivity index (χ2n) is 6.74. The lowest BCUT2D eigenvalue weighted by molar-refractivity contribution is -0.143. The van der Waals surface area contributed by atoms with Gasteiger partial charge in [0, 0.05) is 39.3 Å². The highest BCUT2D eigenvalue weighted by atomic mass is 16.5. The number of piperazine rings is 1. The molecule has 2 aliphatic rings. The van der Waals surface area contributed by atoms with Crippen molar-refractivity contribution < 1.29 is 14.3 Å². The van der Waals surface area contributed by atoms with Gasteiger partial charge in [-0.2, -0.15) is 0 Å². The monoisotopic (exact) mass is 345 g/mol. The molecular formula is C19H27N3O3. The molecule has 0 saturated carbocycles. The van der Waals surface area contributed by atoms with Crippen LogP contribution in [-0.2, 0) is 20.9 Å². The third-order valence-electron chi connectivity index (χ3n) is 5.07. The minimum atomic E-state index is -0.252. The van der Waals surface area contributed by atoms with Gasteiger partial charge in [-0.1, -0.05) is 30.3 Å². The number of carbonyl (C=O) groups excluding carboxylic acids is 2. The minimum absolute atomic E-state index is 0.0303. The Bertz CT molecular complexity index is 579. The fourth-order valence-corrected chi connectivity index (χ4v) is 3.40. The highest BCUT2D eigenvalue weighted by Crippen LogP contribution is 2.16. The molecule has 6 heteroatoms. The van der Waals surface area contributed by atoms with Crippen LogP contribution >= 0.6 is 0 Å². The lowest BCUT2D eigenvalue weighted by atomic mass is 10.1. The Labute approximate surface area is 149 Å². The van der Waals surface area contributed by atoms with Gasteiger partial charge < -0.3 is 15.0 Å². The van der Waals surface area contributed by atoms with Crippen LogP contribution in [0.2, 0.25) is 0 Å². The summed E-state index contributed by atoms with van der Waals surface area (Å²) in [6.07, 6.45) is 1.55. The van der Waals surface area contributed by atoms with Crippen LogP contribution in [0.25, 0.3) is 0 Å². The van der Waals surface area contributed by atoms with Crippen molar-refractivity contribution in [2.24, 2.45) is 0 Å². The number of amides is 2. The van der Waals surface area contributed by atoms with Crippen LogP contribution in [0.5, 0.6) is 0 Å². The third kappa shape index (κ3) is 4.58. The smallest absolute Gasteiger partial charge is 0.251 e. The Hall–Kier alpha value is -1.92. The van der Waals surface area contributed by atoms with Crippen LogP contribution in [0.15, 0.2) is 30.3 Å². The van der Waals surface area contributed by atoms with Gasteiger partial charge in [0.15, 0.2) is 0 Å². The molecule has 0 spiro atoms. The van der Waals surface area contributed by atoms with Crippen molar-refractivity contribution in [3.05, 3.63) is 35.9 Å². The van der Waals surface area contributed by atoms with Crippen LogP contribution < -0.4 is 5.32 Å². The average Bonchev–Trinajstić information content (AvgIpc) is 3.20. The molecular weight excluding hydrogens is 318 g/mol. The first-order valence-corrected chi connectivity index (χ1v) is 9.11. The van der Waals surface area contributed by atoms with E-state index >= 15 is 0 Å². The van der Waals surface area contributed by atoms with E-state index in [1.807, 2.05) is 42.2 Å². The Kier molecular flexibility index (Phi) is 6.04. The van der Waals surface area contributed by atoms with E-state index in [4.69, 9.17) is 4.74 Å². The number of nitrogens with one attached hydrogen (secondary N) is 1. The minimum Gasteiger partial charge on any atom is -0.368 e. The molecule has 3 rings (SSSR count). The number of ether oxygens (including phenoxy) is 1. The molecule has 1 aromatic carbocycles. The van der Waals surface area contributed by atoms with Crippen molar-refractivity contribution >= 4 is 11.8 Å². The van der Waals surface area contributed by atoms with Crippen LogP contribution in [0.1, 0.15) is 25.3 Å². The summed E-state index contributed by atoms with van der Waals surface area (Å²) in [5.41, 5.74) is 1.09. The van der Waals surface area contributed by atoms with E-state index in [1.165, 1.54) is 0 Å². The summed E-state index contributed by atoms with van der Waals surface area (Å²) in [6.45, 7) is 5.93. The molecule has 2 amide bonds. The molecule has 2 heterocycles. The highest BCUT2D eigenvalue weighted by Gasteiger charge is 2.32. The maximum absolute atomic E-state index is 12.4. The van der Waals surface area contributed by atoms with Crippen molar-refractivity contribution in [3.8, 4) is 0 Å². The fourth-order valence-electron chi connectivity index (χ4n) is 3.40. The Morgan fingerprint density at radius 1 is 1.20 bits per heavy atom. The fraction of sp³-hybridized carbons (Fsp3) is 0.579. The Balaban J connectivity index is 1.43. The number of carbonyl (C=O) groups is 2. The van der Waals surface area contributed by atoms with Gasteiger partial charge >= 0.3 is 0 Å². The van der Waals surface area contributed by atoms with Gasteiger partial charge in [-0.15, -0.1) is 0 Å². The first-order valence-electron chi connectivity index (χ1n) is 9.11. The number of benzene rings is 1. The molecule has 0 radical (unpaired) electrons. The van der Waals surface area contributed by atoms with E-state index in [1.54, 1.807) is 0 Å². The number of hydrogen-bond acceptors (Lipinski definition) is 4. The molecule has 0 bridgehead atoms. The summed E-state index contributed by atoms with van der Waals surface area (Å²) >= 11 is 0. The lowest BCUT2D eigenvalue weighted by Gasteiger charge is -2.38. The summed E-state index contributed by atoms with van der Waals surface area (Å²) in [7, 11) is 0. The molecule has 2 unspecified atom stereocenters. The topological polar surface area (TPSA) is 61.9 Å².